The van der Waals surface area contributed by atoms with Crippen LogP contribution in [0.2, 0.25) is 0 Å². The Bertz CT molecular complexity index is 646. The summed E-state index contributed by atoms with van der Waals surface area (Å²) in [6.07, 6.45) is 1.65. The molecule has 98 valence electrons. The van der Waals surface area contributed by atoms with E-state index >= 15 is 0 Å². The van der Waals surface area contributed by atoms with Gasteiger partial charge in [-0.3, -0.25) is 4.98 Å². The second kappa shape index (κ2) is 5.94. The molecular weight excluding hydrogens is 268 g/mol. The molecule has 0 amide bonds. The molecule has 0 atom stereocenters. The van der Waals surface area contributed by atoms with Gasteiger partial charge in [-0.15, -0.1) is 0 Å². The zero-order valence-electron chi connectivity index (χ0n) is 10.8. The molecule has 20 heavy (non-hydrogen) atoms. The Morgan fingerprint density at radius 1 is 0.700 bits per heavy atom. The molecule has 0 saturated carbocycles. The monoisotopic (exact) mass is 281 g/mol. The molecule has 1 heterocycles. The number of hydrogen-bond donors (Lipinski definition) is 0. The summed E-state index contributed by atoms with van der Waals surface area (Å²) in [5, 5.41) is 2.21. The molecule has 0 bridgehead atoms. The third-order valence-electron chi connectivity index (χ3n) is 2.98. The van der Waals surface area contributed by atoms with Crippen molar-refractivity contribution in [2.45, 2.75) is 0 Å². The molecule has 0 aliphatic carbocycles. The Morgan fingerprint density at radius 3 is 1.75 bits per heavy atom. The second-order valence-electron chi connectivity index (χ2n) is 4.32. The molecule has 3 rings (SSSR count). The lowest BCUT2D eigenvalue weighted by molar-refractivity contribution is 0.632. The maximum atomic E-state index is 14.2. The minimum atomic E-state index is -0.953. The number of nitrogens with zero attached hydrogens (tertiary/aromatic N) is 1. The van der Waals surface area contributed by atoms with E-state index in [0.29, 0.717) is 5.44 Å². The van der Waals surface area contributed by atoms with E-state index in [1.165, 1.54) is 6.07 Å². The third-order valence-corrected chi connectivity index (χ3v) is 5.36. The van der Waals surface area contributed by atoms with E-state index in [0.717, 1.165) is 10.6 Å². The molecule has 0 saturated heterocycles. The van der Waals surface area contributed by atoms with Gasteiger partial charge < -0.3 is 0 Å². The fraction of sp³-hybridized carbons (Fsp3) is 0. The summed E-state index contributed by atoms with van der Waals surface area (Å²) >= 11 is 0. The molecule has 0 aliphatic rings. The largest absolute Gasteiger partial charge is 0.253 e. The molecule has 1 nitrogen and oxygen atoms in total. The molecule has 0 aliphatic heterocycles. The average molecular weight is 281 g/mol. The van der Waals surface area contributed by atoms with E-state index in [4.69, 9.17) is 0 Å². The van der Waals surface area contributed by atoms with Crippen molar-refractivity contribution in [2.75, 3.05) is 0 Å². The number of pyridine rings is 1. The van der Waals surface area contributed by atoms with Crippen LogP contribution in [0.4, 0.5) is 4.39 Å². The zero-order chi connectivity index (χ0) is 13.8. The van der Waals surface area contributed by atoms with Crippen LogP contribution >= 0.6 is 7.92 Å². The van der Waals surface area contributed by atoms with Crippen molar-refractivity contribution in [3.63, 3.8) is 0 Å². The summed E-state index contributed by atoms with van der Waals surface area (Å²) in [6.45, 7) is 0. The molecule has 0 radical (unpaired) electrons. The second-order valence-corrected chi connectivity index (χ2v) is 6.44. The van der Waals surface area contributed by atoms with Gasteiger partial charge in [-0.25, -0.2) is 4.39 Å². The van der Waals surface area contributed by atoms with Gasteiger partial charge in [-0.1, -0.05) is 60.7 Å². The van der Waals surface area contributed by atoms with Crippen LogP contribution in [0.25, 0.3) is 0 Å². The maximum Gasteiger partial charge on any atom is 0.149 e. The molecule has 0 spiro atoms. The van der Waals surface area contributed by atoms with Crippen LogP contribution in [0.1, 0.15) is 0 Å². The molecule has 0 N–H and O–H groups in total. The van der Waals surface area contributed by atoms with Gasteiger partial charge in [0.2, 0.25) is 0 Å². The first-order valence-electron chi connectivity index (χ1n) is 6.37. The summed E-state index contributed by atoms with van der Waals surface area (Å²) in [4.78, 5) is 4.29. The number of hydrogen-bond acceptors (Lipinski definition) is 1. The number of rotatable bonds is 3. The molecule has 0 fully saturated rings. The van der Waals surface area contributed by atoms with Crippen LogP contribution in [0.5, 0.6) is 0 Å². The first-order valence-corrected chi connectivity index (χ1v) is 7.71. The van der Waals surface area contributed by atoms with Gasteiger partial charge in [0.1, 0.15) is 11.3 Å². The van der Waals surface area contributed by atoms with E-state index in [9.17, 15) is 4.39 Å². The Morgan fingerprint density at radius 2 is 1.25 bits per heavy atom. The molecule has 3 aromatic rings. The highest BCUT2D eigenvalue weighted by molar-refractivity contribution is 7.79. The lowest BCUT2D eigenvalue weighted by Crippen LogP contribution is -2.24. The number of benzene rings is 2. The Labute approximate surface area is 118 Å². The molecule has 3 heteroatoms. The van der Waals surface area contributed by atoms with Crippen molar-refractivity contribution < 1.29 is 4.39 Å². The summed E-state index contributed by atoms with van der Waals surface area (Å²) in [5.74, 6) is -0.244. The minimum Gasteiger partial charge on any atom is -0.253 e. The van der Waals surface area contributed by atoms with Gasteiger partial charge in [-0.05, 0) is 22.7 Å². The average Bonchev–Trinajstić information content (AvgIpc) is 2.52. The van der Waals surface area contributed by atoms with Crippen molar-refractivity contribution in [3.8, 4) is 0 Å². The van der Waals surface area contributed by atoms with E-state index in [2.05, 4.69) is 4.98 Å². The van der Waals surface area contributed by atoms with Crippen molar-refractivity contribution in [3.05, 3.63) is 84.8 Å². The topological polar surface area (TPSA) is 12.9 Å². The van der Waals surface area contributed by atoms with Gasteiger partial charge in [0.15, 0.2) is 0 Å². The van der Waals surface area contributed by atoms with Gasteiger partial charge in [0.25, 0.3) is 0 Å². The normalized spacial score (nSPS) is 10.7. The van der Waals surface area contributed by atoms with Gasteiger partial charge >= 0.3 is 0 Å². The fourth-order valence-corrected chi connectivity index (χ4v) is 4.29. The highest BCUT2D eigenvalue weighted by Crippen LogP contribution is 2.32. The predicted molar refractivity (Wildman–Crippen MR) is 82.9 cm³/mol. The Kier molecular flexibility index (Phi) is 3.85. The Hall–Kier alpha value is -2.05. The van der Waals surface area contributed by atoms with Crippen LogP contribution in [0.15, 0.2) is 79.0 Å². The molecule has 1 aromatic heterocycles. The summed E-state index contributed by atoms with van der Waals surface area (Å²) < 4.78 is 14.2. The SMILES string of the molecule is Fc1cccnc1P(c1ccccc1)c1ccccc1. The molecule has 0 unspecified atom stereocenters. The van der Waals surface area contributed by atoms with Crippen molar-refractivity contribution in [1.29, 1.82) is 0 Å². The number of aromatic nitrogens is 1. The summed E-state index contributed by atoms with van der Waals surface area (Å²) in [6, 6.07) is 23.1. The lowest BCUT2D eigenvalue weighted by atomic mass is 10.4. The molecular formula is C17H13FNP. The van der Waals surface area contributed by atoms with Crippen LogP contribution < -0.4 is 16.0 Å². The first-order chi connectivity index (χ1) is 9.86. The Balaban J connectivity index is 2.17. The first kappa shape index (κ1) is 13.0. The number of halogens is 1. The summed E-state index contributed by atoms with van der Waals surface area (Å²) in [7, 11) is -0.953. The van der Waals surface area contributed by atoms with E-state index < -0.39 is 7.92 Å². The smallest absolute Gasteiger partial charge is 0.149 e. The fourth-order valence-electron chi connectivity index (χ4n) is 2.09. The van der Waals surface area contributed by atoms with Crippen molar-refractivity contribution in [2.24, 2.45) is 0 Å². The van der Waals surface area contributed by atoms with Crippen LogP contribution in [-0.4, -0.2) is 4.98 Å². The lowest BCUT2D eigenvalue weighted by Gasteiger charge is -2.18. The van der Waals surface area contributed by atoms with Crippen LogP contribution in [0, 0.1) is 5.82 Å². The van der Waals surface area contributed by atoms with E-state index in [1.54, 1.807) is 12.3 Å². The van der Waals surface area contributed by atoms with Crippen LogP contribution in [0.3, 0.4) is 0 Å². The highest BCUT2D eigenvalue weighted by atomic mass is 31.1. The minimum absolute atomic E-state index is 0.244. The quantitative estimate of drug-likeness (QED) is 0.673. The predicted octanol–water partition coefficient (Wildman–Crippen LogP) is 2.98. The summed E-state index contributed by atoms with van der Waals surface area (Å²) in [5.41, 5.74) is 0.528. The third kappa shape index (κ3) is 2.61. The van der Waals surface area contributed by atoms with Gasteiger partial charge in [-0.2, -0.15) is 0 Å². The van der Waals surface area contributed by atoms with Crippen LogP contribution in [-0.2, 0) is 0 Å². The highest BCUT2D eigenvalue weighted by Gasteiger charge is 2.20. The van der Waals surface area contributed by atoms with Crippen molar-refractivity contribution in [1.82, 2.24) is 4.98 Å². The van der Waals surface area contributed by atoms with E-state index in [1.807, 2.05) is 60.7 Å². The van der Waals surface area contributed by atoms with Crippen molar-refractivity contribution >= 4 is 24.0 Å². The van der Waals surface area contributed by atoms with E-state index in [-0.39, 0.29) is 5.82 Å². The van der Waals surface area contributed by atoms with Gasteiger partial charge in [0.05, 0.1) is 0 Å². The van der Waals surface area contributed by atoms with Gasteiger partial charge in [0, 0.05) is 14.1 Å². The standard InChI is InChI=1S/C17H13FNP/c18-16-12-7-13-19-17(16)20(14-8-3-1-4-9-14)15-10-5-2-6-11-15/h1-13H. The zero-order valence-corrected chi connectivity index (χ0v) is 11.7. The maximum absolute atomic E-state index is 14.2. The molecule has 2 aromatic carbocycles.